The summed E-state index contributed by atoms with van der Waals surface area (Å²) in [5.41, 5.74) is 1.56. The normalized spacial score (nSPS) is 10.4. The Balaban J connectivity index is 2.48. The minimum absolute atomic E-state index is 0.210. The molecule has 0 atom stereocenters. The monoisotopic (exact) mass is 220 g/mol. The SMILES string of the molecule is OCc1cc(-c2cccc(F)c2)ccc1F. The third kappa shape index (κ3) is 2.09. The van der Waals surface area contributed by atoms with E-state index in [9.17, 15) is 8.78 Å². The van der Waals surface area contributed by atoms with Crippen molar-refractivity contribution in [3.63, 3.8) is 0 Å². The molecule has 0 fully saturated rings. The number of benzene rings is 2. The third-order valence-electron chi connectivity index (χ3n) is 2.37. The van der Waals surface area contributed by atoms with Crippen LogP contribution in [-0.4, -0.2) is 5.11 Å². The summed E-state index contributed by atoms with van der Waals surface area (Å²) in [4.78, 5) is 0. The van der Waals surface area contributed by atoms with Gasteiger partial charge in [0.05, 0.1) is 6.61 Å². The van der Waals surface area contributed by atoms with Crippen LogP contribution in [-0.2, 0) is 6.61 Å². The molecule has 0 saturated carbocycles. The fourth-order valence-corrected chi connectivity index (χ4v) is 1.54. The molecular formula is C13H10F2O. The summed E-state index contributed by atoms with van der Waals surface area (Å²) in [5.74, 6) is -0.796. The van der Waals surface area contributed by atoms with Crippen LogP contribution in [0.15, 0.2) is 42.5 Å². The number of hydrogen-bond donors (Lipinski definition) is 1. The van der Waals surface area contributed by atoms with E-state index in [1.807, 2.05) is 0 Å². The van der Waals surface area contributed by atoms with Gasteiger partial charge in [0.1, 0.15) is 11.6 Å². The molecule has 0 heterocycles. The second-order valence-corrected chi connectivity index (χ2v) is 3.47. The first-order valence-corrected chi connectivity index (χ1v) is 4.86. The zero-order chi connectivity index (χ0) is 11.5. The molecule has 0 bridgehead atoms. The third-order valence-corrected chi connectivity index (χ3v) is 2.37. The maximum absolute atomic E-state index is 13.1. The molecule has 1 N–H and O–H groups in total. The van der Waals surface area contributed by atoms with E-state index in [0.717, 1.165) is 0 Å². The molecule has 0 amide bonds. The Bertz CT molecular complexity index is 509. The molecule has 0 aliphatic heterocycles. The summed E-state index contributed by atoms with van der Waals surface area (Å²) in [7, 11) is 0. The Morgan fingerprint density at radius 1 is 0.938 bits per heavy atom. The molecule has 1 nitrogen and oxygen atoms in total. The first-order valence-electron chi connectivity index (χ1n) is 4.86. The number of aliphatic hydroxyl groups excluding tert-OH is 1. The molecule has 0 aromatic heterocycles. The zero-order valence-electron chi connectivity index (χ0n) is 8.45. The van der Waals surface area contributed by atoms with Gasteiger partial charge in [0, 0.05) is 5.56 Å². The molecule has 16 heavy (non-hydrogen) atoms. The predicted molar refractivity (Wildman–Crippen MR) is 57.7 cm³/mol. The van der Waals surface area contributed by atoms with E-state index < -0.39 is 5.82 Å². The van der Waals surface area contributed by atoms with E-state index in [1.54, 1.807) is 18.2 Å². The van der Waals surface area contributed by atoms with Gasteiger partial charge >= 0.3 is 0 Å². The summed E-state index contributed by atoms with van der Waals surface area (Å²) in [6.45, 7) is -0.366. The molecule has 2 rings (SSSR count). The smallest absolute Gasteiger partial charge is 0.128 e. The molecule has 82 valence electrons. The van der Waals surface area contributed by atoms with E-state index in [0.29, 0.717) is 11.1 Å². The first kappa shape index (κ1) is 10.8. The number of halogens is 2. The first-order chi connectivity index (χ1) is 7.70. The minimum Gasteiger partial charge on any atom is -0.392 e. The van der Waals surface area contributed by atoms with E-state index >= 15 is 0 Å². The van der Waals surface area contributed by atoms with Crippen LogP contribution in [0.1, 0.15) is 5.56 Å². The Hall–Kier alpha value is -1.74. The minimum atomic E-state index is -0.456. The maximum Gasteiger partial charge on any atom is 0.128 e. The van der Waals surface area contributed by atoms with Crippen molar-refractivity contribution in [1.29, 1.82) is 0 Å². The topological polar surface area (TPSA) is 20.2 Å². The second kappa shape index (κ2) is 4.41. The van der Waals surface area contributed by atoms with Gasteiger partial charge in [-0.2, -0.15) is 0 Å². The predicted octanol–water partition coefficient (Wildman–Crippen LogP) is 3.12. The van der Waals surface area contributed by atoms with Gasteiger partial charge in [0.15, 0.2) is 0 Å². The van der Waals surface area contributed by atoms with Gasteiger partial charge in [0.2, 0.25) is 0 Å². The standard InChI is InChI=1S/C13H10F2O/c14-12-3-1-2-9(7-12)10-4-5-13(15)11(6-10)8-16/h1-7,16H,8H2. The average Bonchev–Trinajstić information content (AvgIpc) is 2.29. The number of aliphatic hydroxyl groups is 1. The molecule has 0 unspecified atom stereocenters. The van der Waals surface area contributed by atoms with Gasteiger partial charge in [-0.15, -0.1) is 0 Å². The maximum atomic E-state index is 13.1. The summed E-state index contributed by atoms with van der Waals surface area (Å²) >= 11 is 0. The fourth-order valence-electron chi connectivity index (χ4n) is 1.54. The molecule has 0 radical (unpaired) electrons. The Labute approximate surface area is 92.0 Å². The van der Waals surface area contributed by atoms with Crippen LogP contribution in [0.4, 0.5) is 8.78 Å². The van der Waals surface area contributed by atoms with Crippen molar-refractivity contribution in [2.24, 2.45) is 0 Å². The molecule has 3 heteroatoms. The van der Waals surface area contributed by atoms with Crippen molar-refractivity contribution in [3.05, 3.63) is 59.7 Å². The van der Waals surface area contributed by atoms with Crippen molar-refractivity contribution in [1.82, 2.24) is 0 Å². The van der Waals surface area contributed by atoms with Gasteiger partial charge in [-0.3, -0.25) is 0 Å². The quantitative estimate of drug-likeness (QED) is 0.824. The lowest BCUT2D eigenvalue weighted by Gasteiger charge is -2.05. The van der Waals surface area contributed by atoms with Gasteiger partial charge in [-0.1, -0.05) is 18.2 Å². The van der Waals surface area contributed by atoms with Gasteiger partial charge in [-0.05, 0) is 35.4 Å². The Kier molecular flexibility index (Phi) is 2.97. The highest BCUT2D eigenvalue weighted by Crippen LogP contribution is 2.22. The Morgan fingerprint density at radius 3 is 2.38 bits per heavy atom. The van der Waals surface area contributed by atoms with E-state index in [1.165, 1.54) is 24.3 Å². The molecule has 0 saturated heterocycles. The molecule has 0 aliphatic carbocycles. The van der Waals surface area contributed by atoms with Crippen LogP contribution >= 0.6 is 0 Å². The largest absolute Gasteiger partial charge is 0.392 e. The zero-order valence-corrected chi connectivity index (χ0v) is 8.45. The van der Waals surface area contributed by atoms with E-state index in [4.69, 9.17) is 5.11 Å². The van der Waals surface area contributed by atoms with Crippen LogP contribution in [0.25, 0.3) is 11.1 Å². The van der Waals surface area contributed by atoms with Crippen molar-refractivity contribution >= 4 is 0 Å². The van der Waals surface area contributed by atoms with Gasteiger partial charge < -0.3 is 5.11 Å². The van der Waals surface area contributed by atoms with Gasteiger partial charge in [0.25, 0.3) is 0 Å². The molecule has 2 aromatic carbocycles. The lowest BCUT2D eigenvalue weighted by Crippen LogP contribution is -1.90. The van der Waals surface area contributed by atoms with Crippen LogP contribution in [0.3, 0.4) is 0 Å². The summed E-state index contributed by atoms with van der Waals surface area (Å²) in [6.07, 6.45) is 0. The van der Waals surface area contributed by atoms with Crippen molar-refractivity contribution in [3.8, 4) is 11.1 Å². The lowest BCUT2D eigenvalue weighted by molar-refractivity contribution is 0.276. The van der Waals surface area contributed by atoms with Crippen molar-refractivity contribution in [2.45, 2.75) is 6.61 Å². The molecule has 2 aromatic rings. The number of rotatable bonds is 2. The van der Waals surface area contributed by atoms with E-state index in [-0.39, 0.29) is 18.0 Å². The Morgan fingerprint density at radius 2 is 1.69 bits per heavy atom. The summed E-state index contributed by atoms with van der Waals surface area (Å²) < 4.78 is 26.1. The van der Waals surface area contributed by atoms with Crippen LogP contribution < -0.4 is 0 Å². The van der Waals surface area contributed by atoms with Crippen LogP contribution in [0.5, 0.6) is 0 Å². The van der Waals surface area contributed by atoms with Crippen molar-refractivity contribution in [2.75, 3.05) is 0 Å². The van der Waals surface area contributed by atoms with Crippen molar-refractivity contribution < 1.29 is 13.9 Å². The second-order valence-electron chi connectivity index (χ2n) is 3.47. The number of hydrogen-bond acceptors (Lipinski definition) is 1. The molecule has 0 spiro atoms. The average molecular weight is 220 g/mol. The highest BCUT2D eigenvalue weighted by atomic mass is 19.1. The van der Waals surface area contributed by atoms with Crippen LogP contribution in [0.2, 0.25) is 0 Å². The molecule has 0 aliphatic rings. The van der Waals surface area contributed by atoms with Crippen LogP contribution in [0, 0.1) is 11.6 Å². The highest BCUT2D eigenvalue weighted by Gasteiger charge is 2.04. The summed E-state index contributed by atoms with van der Waals surface area (Å²) in [6, 6.07) is 10.4. The van der Waals surface area contributed by atoms with E-state index in [2.05, 4.69) is 0 Å². The summed E-state index contributed by atoms with van der Waals surface area (Å²) in [5, 5.41) is 8.93. The lowest BCUT2D eigenvalue weighted by atomic mass is 10.0. The molecular weight excluding hydrogens is 210 g/mol. The van der Waals surface area contributed by atoms with Gasteiger partial charge in [-0.25, -0.2) is 8.78 Å². The highest BCUT2D eigenvalue weighted by molar-refractivity contribution is 5.64. The fraction of sp³-hybridized carbons (Fsp3) is 0.0769.